The summed E-state index contributed by atoms with van der Waals surface area (Å²) >= 11 is 3.27. The molecule has 0 bridgehead atoms. The molecule has 0 fully saturated rings. The summed E-state index contributed by atoms with van der Waals surface area (Å²) in [5.41, 5.74) is 1.54. The van der Waals surface area contributed by atoms with Gasteiger partial charge in [-0.1, -0.05) is 28.1 Å². The van der Waals surface area contributed by atoms with Gasteiger partial charge in [-0.05, 0) is 35.4 Å². The lowest BCUT2D eigenvalue weighted by molar-refractivity contribution is 0.177. The van der Waals surface area contributed by atoms with Crippen LogP contribution in [-0.4, -0.2) is 19.3 Å². The van der Waals surface area contributed by atoms with Crippen LogP contribution in [0.2, 0.25) is 0 Å². The van der Waals surface area contributed by atoms with Gasteiger partial charge in [0.15, 0.2) is 11.5 Å². The first-order chi connectivity index (χ1) is 10.0. The Labute approximate surface area is 131 Å². The van der Waals surface area contributed by atoms with Crippen molar-refractivity contribution in [2.75, 3.05) is 14.2 Å². The zero-order valence-electron chi connectivity index (χ0n) is 11.8. The van der Waals surface area contributed by atoms with Crippen LogP contribution in [0.15, 0.2) is 40.9 Å². The quantitative estimate of drug-likeness (QED) is 0.885. The van der Waals surface area contributed by atoms with Crippen LogP contribution in [0.5, 0.6) is 11.5 Å². The fourth-order valence-corrected chi connectivity index (χ4v) is 2.73. The molecule has 0 amide bonds. The number of methoxy groups -OCH3 is 2. The molecular formula is C16H16BrFO3. The third-order valence-corrected chi connectivity index (χ3v) is 3.89. The van der Waals surface area contributed by atoms with Crippen molar-refractivity contribution < 1.29 is 19.0 Å². The van der Waals surface area contributed by atoms with Crippen LogP contribution < -0.4 is 9.47 Å². The number of aliphatic hydroxyl groups is 1. The lowest BCUT2D eigenvalue weighted by Crippen LogP contribution is -2.03. The highest BCUT2D eigenvalue weighted by Gasteiger charge is 2.14. The van der Waals surface area contributed by atoms with Crippen LogP contribution in [0.3, 0.4) is 0 Å². The van der Waals surface area contributed by atoms with Crippen LogP contribution >= 0.6 is 15.9 Å². The van der Waals surface area contributed by atoms with Gasteiger partial charge in [0.2, 0.25) is 0 Å². The summed E-state index contributed by atoms with van der Waals surface area (Å²) in [6.07, 6.45) is -0.344. The molecule has 0 aliphatic carbocycles. The Kier molecular flexibility index (Phi) is 5.20. The van der Waals surface area contributed by atoms with Gasteiger partial charge in [-0.2, -0.15) is 0 Å². The Balaban J connectivity index is 2.21. The van der Waals surface area contributed by atoms with Crippen molar-refractivity contribution in [2.45, 2.75) is 12.5 Å². The molecule has 0 spiro atoms. The summed E-state index contributed by atoms with van der Waals surface area (Å²) in [7, 11) is 3.14. The number of halogens is 2. The van der Waals surface area contributed by atoms with Gasteiger partial charge in [-0.3, -0.25) is 0 Å². The summed E-state index contributed by atoms with van der Waals surface area (Å²) in [5, 5.41) is 10.3. The van der Waals surface area contributed by atoms with Crippen LogP contribution in [-0.2, 0) is 6.42 Å². The van der Waals surface area contributed by atoms with E-state index in [-0.39, 0.29) is 5.82 Å². The minimum absolute atomic E-state index is 0.344. The maximum Gasteiger partial charge on any atom is 0.160 e. The molecule has 1 N–H and O–H groups in total. The first-order valence-corrected chi connectivity index (χ1v) is 7.18. The minimum atomic E-state index is -0.738. The second-order valence-corrected chi connectivity index (χ2v) is 5.43. The monoisotopic (exact) mass is 354 g/mol. The molecule has 5 heteroatoms. The Hall–Kier alpha value is -1.59. The standard InChI is InChI=1S/C16H16BrFO3/c1-20-15-6-3-10(8-16(15)21-2)7-14(19)12-5-4-11(18)9-13(12)17/h3-6,8-9,14,19H,7H2,1-2H3. The normalized spacial score (nSPS) is 12.0. The molecule has 112 valence electrons. The van der Waals surface area contributed by atoms with E-state index in [1.807, 2.05) is 12.1 Å². The molecule has 0 aliphatic rings. The summed E-state index contributed by atoms with van der Waals surface area (Å²) in [5.74, 6) is 0.906. The van der Waals surface area contributed by atoms with Gasteiger partial charge in [0.25, 0.3) is 0 Å². The molecule has 2 aromatic carbocycles. The summed E-state index contributed by atoms with van der Waals surface area (Å²) in [6.45, 7) is 0. The highest BCUT2D eigenvalue weighted by Crippen LogP contribution is 2.31. The molecule has 0 saturated carbocycles. The number of hydrogen-bond donors (Lipinski definition) is 1. The molecule has 0 aromatic heterocycles. The van der Waals surface area contributed by atoms with E-state index >= 15 is 0 Å². The van der Waals surface area contributed by atoms with Crippen molar-refractivity contribution in [1.82, 2.24) is 0 Å². The van der Waals surface area contributed by atoms with Crippen LogP contribution in [0, 0.1) is 5.82 Å². The van der Waals surface area contributed by atoms with Crippen molar-refractivity contribution in [3.63, 3.8) is 0 Å². The smallest absolute Gasteiger partial charge is 0.160 e. The lowest BCUT2D eigenvalue weighted by Gasteiger charge is -2.15. The second-order valence-electron chi connectivity index (χ2n) is 4.58. The number of benzene rings is 2. The minimum Gasteiger partial charge on any atom is -0.493 e. The summed E-state index contributed by atoms with van der Waals surface area (Å²) < 4.78 is 24.0. The third-order valence-electron chi connectivity index (χ3n) is 3.20. The SMILES string of the molecule is COc1ccc(CC(O)c2ccc(F)cc2Br)cc1OC. The Morgan fingerprint density at radius 3 is 2.43 bits per heavy atom. The van der Waals surface area contributed by atoms with Crippen LogP contribution in [0.1, 0.15) is 17.2 Å². The largest absolute Gasteiger partial charge is 0.493 e. The third kappa shape index (κ3) is 3.74. The average Bonchev–Trinajstić information content (AvgIpc) is 2.46. The van der Waals surface area contributed by atoms with Gasteiger partial charge in [0, 0.05) is 10.9 Å². The van der Waals surface area contributed by atoms with Crippen molar-refractivity contribution in [1.29, 1.82) is 0 Å². The zero-order chi connectivity index (χ0) is 15.4. The van der Waals surface area contributed by atoms with Gasteiger partial charge in [0.05, 0.1) is 20.3 Å². The van der Waals surface area contributed by atoms with E-state index in [2.05, 4.69) is 15.9 Å². The fraction of sp³-hybridized carbons (Fsp3) is 0.250. The van der Waals surface area contributed by atoms with Gasteiger partial charge in [-0.25, -0.2) is 4.39 Å². The van der Waals surface area contributed by atoms with Crippen LogP contribution in [0.25, 0.3) is 0 Å². The number of hydrogen-bond acceptors (Lipinski definition) is 3. The van der Waals surface area contributed by atoms with Gasteiger partial charge in [0.1, 0.15) is 5.82 Å². The second kappa shape index (κ2) is 6.91. The molecule has 2 rings (SSSR count). The van der Waals surface area contributed by atoms with E-state index in [9.17, 15) is 9.50 Å². The number of aliphatic hydroxyl groups excluding tert-OH is 1. The lowest BCUT2D eigenvalue weighted by atomic mass is 10.0. The van der Waals surface area contributed by atoms with E-state index in [1.165, 1.54) is 12.1 Å². The molecular weight excluding hydrogens is 339 g/mol. The van der Waals surface area contributed by atoms with E-state index in [1.54, 1.807) is 26.4 Å². The highest BCUT2D eigenvalue weighted by atomic mass is 79.9. The predicted molar refractivity (Wildman–Crippen MR) is 82.3 cm³/mol. The molecule has 1 atom stereocenters. The Bertz CT molecular complexity index is 631. The molecule has 3 nitrogen and oxygen atoms in total. The molecule has 0 radical (unpaired) electrons. The van der Waals surface area contributed by atoms with E-state index in [4.69, 9.17) is 9.47 Å². The molecule has 21 heavy (non-hydrogen) atoms. The molecule has 0 heterocycles. The van der Waals surface area contributed by atoms with Gasteiger partial charge < -0.3 is 14.6 Å². The first kappa shape index (κ1) is 15.8. The van der Waals surface area contributed by atoms with Gasteiger partial charge in [-0.15, -0.1) is 0 Å². The average molecular weight is 355 g/mol. The van der Waals surface area contributed by atoms with Crippen molar-refractivity contribution in [3.8, 4) is 11.5 Å². The molecule has 0 aliphatic heterocycles. The van der Waals surface area contributed by atoms with Gasteiger partial charge >= 0.3 is 0 Å². The molecule has 1 unspecified atom stereocenters. The maximum atomic E-state index is 13.1. The van der Waals surface area contributed by atoms with Crippen molar-refractivity contribution >= 4 is 15.9 Å². The van der Waals surface area contributed by atoms with Crippen molar-refractivity contribution in [2.24, 2.45) is 0 Å². The van der Waals surface area contributed by atoms with E-state index in [0.717, 1.165) is 5.56 Å². The number of ether oxygens (including phenoxy) is 2. The summed E-state index contributed by atoms with van der Waals surface area (Å²) in [4.78, 5) is 0. The maximum absolute atomic E-state index is 13.1. The van der Waals surface area contributed by atoms with E-state index in [0.29, 0.717) is 28.0 Å². The van der Waals surface area contributed by atoms with E-state index < -0.39 is 6.10 Å². The topological polar surface area (TPSA) is 38.7 Å². The fourth-order valence-electron chi connectivity index (χ4n) is 2.11. The molecule has 0 saturated heterocycles. The predicted octanol–water partition coefficient (Wildman–Crippen LogP) is 3.88. The molecule has 2 aromatic rings. The highest BCUT2D eigenvalue weighted by molar-refractivity contribution is 9.10. The zero-order valence-corrected chi connectivity index (χ0v) is 13.4. The number of rotatable bonds is 5. The first-order valence-electron chi connectivity index (χ1n) is 6.39. The van der Waals surface area contributed by atoms with Crippen molar-refractivity contribution in [3.05, 3.63) is 57.8 Å². The Morgan fingerprint density at radius 2 is 1.81 bits per heavy atom. The Morgan fingerprint density at radius 1 is 1.10 bits per heavy atom. The van der Waals surface area contributed by atoms with Crippen LogP contribution in [0.4, 0.5) is 4.39 Å². The summed E-state index contributed by atoms with van der Waals surface area (Å²) in [6, 6.07) is 9.72.